The molecular weight excluding hydrogens is 278 g/mol. The fourth-order valence-electron chi connectivity index (χ4n) is 2.11. The average molecular weight is 290 g/mol. The number of hydrogen-bond donors (Lipinski definition) is 1. The number of benzene rings is 1. The van der Waals surface area contributed by atoms with Crippen LogP contribution in [0, 0.1) is 0 Å². The first kappa shape index (κ1) is 12.7. The Bertz CT molecular complexity index is 799. The van der Waals surface area contributed by atoms with Gasteiger partial charge in [-0.2, -0.15) is 5.10 Å². The van der Waals surface area contributed by atoms with Crippen LogP contribution in [0.4, 0.5) is 5.82 Å². The molecular formula is C13H12ClN5O. The normalized spacial score (nSPS) is 10.9. The number of rotatable bonds is 2. The lowest BCUT2D eigenvalue weighted by Crippen LogP contribution is -1.95. The van der Waals surface area contributed by atoms with Crippen molar-refractivity contribution in [3.63, 3.8) is 0 Å². The van der Waals surface area contributed by atoms with Gasteiger partial charge in [-0.05, 0) is 18.2 Å². The number of halogens is 1. The van der Waals surface area contributed by atoms with Gasteiger partial charge in [0.1, 0.15) is 23.6 Å². The van der Waals surface area contributed by atoms with E-state index >= 15 is 0 Å². The van der Waals surface area contributed by atoms with Gasteiger partial charge in [-0.15, -0.1) is 0 Å². The summed E-state index contributed by atoms with van der Waals surface area (Å²) in [6.45, 7) is 0. The Morgan fingerprint density at radius 3 is 2.85 bits per heavy atom. The largest absolute Gasteiger partial charge is 0.497 e. The first-order valence-corrected chi connectivity index (χ1v) is 6.26. The highest BCUT2D eigenvalue weighted by Crippen LogP contribution is 2.36. The van der Waals surface area contributed by atoms with E-state index in [9.17, 15) is 0 Å². The number of ether oxygens (including phenoxy) is 1. The highest BCUT2D eigenvalue weighted by atomic mass is 35.5. The van der Waals surface area contributed by atoms with Crippen molar-refractivity contribution in [3.05, 3.63) is 29.5 Å². The molecule has 1 aromatic carbocycles. The molecule has 6 nitrogen and oxygen atoms in total. The van der Waals surface area contributed by atoms with Crippen LogP contribution in [0.2, 0.25) is 5.02 Å². The van der Waals surface area contributed by atoms with Crippen LogP contribution < -0.4 is 10.5 Å². The molecule has 0 fully saturated rings. The maximum atomic E-state index is 6.26. The zero-order valence-corrected chi connectivity index (χ0v) is 11.7. The first-order chi connectivity index (χ1) is 9.61. The standard InChI is InChI=1S/C13H12ClN5O/c1-19-13-10(12(15)16-6-17-13)11(18-19)8-5-7(20-2)3-4-9(8)14/h3-6H,1-2H3,(H2,15,16,17). The van der Waals surface area contributed by atoms with Gasteiger partial charge < -0.3 is 10.5 Å². The van der Waals surface area contributed by atoms with Crippen molar-refractivity contribution in [1.82, 2.24) is 19.7 Å². The maximum Gasteiger partial charge on any atom is 0.163 e. The van der Waals surface area contributed by atoms with Crippen LogP contribution in [0.1, 0.15) is 0 Å². The minimum absolute atomic E-state index is 0.372. The van der Waals surface area contributed by atoms with Crippen molar-refractivity contribution in [2.75, 3.05) is 12.8 Å². The number of hydrogen-bond acceptors (Lipinski definition) is 5. The number of nitrogen functional groups attached to an aromatic ring is 1. The molecule has 0 aliphatic carbocycles. The summed E-state index contributed by atoms with van der Waals surface area (Å²) >= 11 is 6.26. The Morgan fingerprint density at radius 2 is 2.10 bits per heavy atom. The minimum atomic E-state index is 0.372. The molecule has 3 aromatic rings. The summed E-state index contributed by atoms with van der Waals surface area (Å²) in [5.74, 6) is 1.07. The highest BCUT2D eigenvalue weighted by Gasteiger charge is 2.17. The molecule has 0 spiro atoms. The third-order valence-corrected chi connectivity index (χ3v) is 3.41. The summed E-state index contributed by atoms with van der Waals surface area (Å²) in [5, 5.41) is 5.70. The number of nitrogens with zero attached hydrogens (tertiary/aromatic N) is 4. The van der Waals surface area contributed by atoms with Crippen LogP contribution in [0.25, 0.3) is 22.3 Å². The van der Waals surface area contributed by atoms with Crippen LogP contribution >= 0.6 is 11.6 Å². The van der Waals surface area contributed by atoms with E-state index in [1.54, 1.807) is 31.0 Å². The molecule has 0 bridgehead atoms. The Balaban J connectivity index is 2.35. The van der Waals surface area contributed by atoms with Crippen LogP contribution in [-0.4, -0.2) is 26.9 Å². The molecule has 102 valence electrons. The number of methoxy groups -OCH3 is 1. The number of anilines is 1. The molecule has 0 saturated heterocycles. The van der Waals surface area contributed by atoms with Gasteiger partial charge >= 0.3 is 0 Å². The van der Waals surface area contributed by atoms with Crippen molar-refractivity contribution in [2.24, 2.45) is 7.05 Å². The molecule has 0 radical (unpaired) electrons. The smallest absolute Gasteiger partial charge is 0.163 e. The van der Waals surface area contributed by atoms with E-state index in [0.717, 1.165) is 5.56 Å². The molecule has 20 heavy (non-hydrogen) atoms. The second kappa shape index (κ2) is 4.64. The van der Waals surface area contributed by atoms with E-state index in [1.165, 1.54) is 6.33 Å². The SMILES string of the molecule is COc1ccc(Cl)c(-c2nn(C)c3ncnc(N)c23)c1. The second-order valence-corrected chi connectivity index (χ2v) is 4.68. The Hall–Kier alpha value is -2.34. The molecule has 2 N–H and O–H groups in total. The summed E-state index contributed by atoms with van der Waals surface area (Å²) < 4.78 is 6.88. The quantitative estimate of drug-likeness (QED) is 0.783. The van der Waals surface area contributed by atoms with Crippen molar-refractivity contribution < 1.29 is 4.74 Å². The number of aryl methyl sites for hydroxylation is 1. The third-order valence-electron chi connectivity index (χ3n) is 3.08. The van der Waals surface area contributed by atoms with E-state index in [-0.39, 0.29) is 0 Å². The minimum Gasteiger partial charge on any atom is -0.497 e. The van der Waals surface area contributed by atoms with Gasteiger partial charge in [0.2, 0.25) is 0 Å². The molecule has 0 atom stereocenters. The first-order valence-electron chi connectivity index (χ1n) is 5.89. The maximum absolute atomic E-state index is 6.26. The van der Waals surface area contributed by atoms with Crippen molar-refractivity contribution in [1.29, 1.82) is 0 Å². The van der Waals surface area contributed by atoms with Crippen LogP contribution in [0.3, 0.4) is 0 Å². The molecule has 2 heterocycles. The monoisotopic (exact) mass is 289 g/mol. The number of fused-ring (bicyclic) bond motifs is 1. The molecule has 2 aromatic heterocycles. The molecule has 3 rings (SSSR count). The van der Waals surface area contributed by atoms with Crippen molar-refractivity contribution in [2.45, 2.75) is 0 Å². The van der Waals surface area contributed by atoms with Crippen LogP contribution in [0.15, 0.2) is 24.5 Å². The molecule has 0 amide bonds. The van der Waals surface area contributed by atoms with Crippen LogP contribution in [0.5, 0.6) is 5.75 Å². The molecule has 7 heteroatoms. The molecule has 0 unspecified atom stereocenters. The lowest BCUT2D eigenvalue weighted by atomic mass is 10.1. The fourth-order valence-corrected chi connectivity index (χ4v) is 2.32. The van der Waals surface area contributed by atoms with E-state index < -0.39 is 0 Å². The summed E-state index contributed by atoms with van der Waals surface area (Å²) in [6.07, 6.45) is 1.41. The van der Waals surface area contributed by atoms with Crippen molar-refractivity contribution in [3.8, 4) is 17.0 Å². The predicted molar refractivity (Wildman–Crippen MR) is 77.7 cm³/mol. The topological polar surface area (TPSA) is 78.8 Å². The summed E-state index contributed by atoms with van der Waals surface area (Å²) in [7, 11) is 3.40. The Morgan fingerprint density at radius 1 is 1.30 bits per heavy atom. The summed E-state index contributed by atoms with van der Waals surface area (Å²) in [6, 6.07) is 5.36. The van der Waals surface area contributed by atoms with Crippen LogP contribution in [-0.2, 0) is 7.05 Å². The summed E-state index contributed by atoms with van der Waals surface area (Å²) in [4.78, 5) is 8.21. The lowest BCUT2D eigenvalue weighted by Gasteiger charge is -2.05. The molecule has 0 saturated carbocycles. The Kier molecular flexibility index (Phi) is 2.94. The van der Waals surface area contributed by atoms with E-state index in [1.807, 2.05) is 6.07 Å². The third kappa shape index (κ3) is 1.85. The number of aromatic nitrogens is 4. The lowest BCUT2D eigenvalue weighted by molar-refractivity contribution is 0.415. The fraction of sp³-hybridized carbons (Fsp3) is 0.154. The van der Waals surface area contributed by atoms with Gasteiger partial charge in [0.15, 0.2) is 5.65 Å². The predicted octanol–water partition coefficient (Wildman–Crippen LogP) is 2.27. The Labute approximate surface area is 120 Å². The van der Waals surface area contributed by atoms with Gasteiger partial charge in [-0.25, -0.2) is 14.6 Å². The van der Waals surface area contributed by atoms with E-state index in [2.05, 4.69) is 15.1 Å². The summed E-state index contributed by atoms with van der Waals surface area (Å²) in [5.41, 5.74) is 7.99. The zero-order chi connectivity index (χ0) is 14.3. The number of nitrogens with two attached hydrogens (primary N) is 1. The van der Waals surface area contributed by atoms with E-state index in [0.29, 0.717) is 33.3 Å². The van der Waals surface area contributed by atoms with Gasteiger partial charge in [-0.1, -0.05) is 11.6 Å². The van der Waals surface area contributed by atoms with E-state index in [4.69, 9.17) is 22.1 Å². The highest BCUT2D eigenvalue weighted by molar-refractivity contribution is 6.33. The van der Waals surface area contributed by atoms with Gasteiger partial charge in [0.25, 0.3) is 0 Å². The van der Waals surface area contributed by atoms with Gasteiger partial charge in [0, 0.05) is 12.6 Å². The molecule has 0 aliphatic rings. The van der Waals surface area contributed by atoms with Gasteiger partial charge in [-0.3, -0.25) is 0 Å². The zero-order valence-electron chi connectivity index (χ0n) is 11.0. The molecule has 0 aliphatic heterocycles. The van der Waals surface area contributed by atoms with Crippen molar-refractivity contribution >= 4 is 28.5 Å². The second-order valence-electron chi connectivity index (χ2n) is 4.28. The average Bonchev–Trinajstić information content (AvgIpc) is 2.78. The van der Waals surface area contributed by atoms with Gasteiger partial charge in [0.05, 0.1) is 17.5 Å².